The highest BCUT2D eigenvalue weighted by Gasteiger charge is 2.07. The first-order valence-corrected chi connectivity index (χ1v) is 8.54. The zero-order valence-corrected chi connectivity index (χ0v) is 15.2. The molecule has 0 aliphatic rings. The Kier molecular flexibility index (Phi) is 7.76. The van der Waals surface area contributed by atoms with Crippen molar-refractivity contribution in [1.29, 1.82) is 0 Å². The van der Waals surface area contributed by atoms with E-state index in [0.29, 0.717) is 35.2 Å². The molecule has 2 amide bonds. The Morgan fingerprint density at radius 3 is 2.31 bits per heavy atom. The van der Waals surface area contributed by atoms with Gasteiger partial charge in [0.1, 0.15) is 0 Å². The molecule has 2 aromatic carbocycles. The summed E-state index contributed by atoms with van der Waals surface area (Å²) in [6.07, 6.45) is 0.211. The molecule has 26 heavy (non-hydrogen) atoms. The second kappa shape index (κ2) is 10.3. The highest BCUT2D eigenvalue weighted by molar-refractivity contribution is 6.30. The molecule has 0 fully saturated rings. The summed E-state index contributed by atoms with van der Waals surface area (Å²) in [4.78, 5) is 23.7. The lowest BCUT2D eigenvalue weighted by atomic mass is 10.2. The predicted molar refractivity (Wildman–Crippen MR) is 99.9 cm³/mol. The van der Waals surface area contributed by atoms with E-state index in [1.807, 2.05) is 12.1 Å². The second-order valence-electron chi connectivity index (χ2n) is 5.36. The van der Waals surface area contributed by atoms with E-state index in [9.17, 15) is 9.59 Å². The summed E-state index contributed by atoms with van der Waals surface area (Å²) in [7, 11) is 1.56. The van der Waals surface area contributed by atoms with Gasteiger partial charge in [-0.1, -0.05) is 23.7 Å². The van der Waals surface area contributed by atoms with Gasteiger partial charge < -0.3 is 20.1 Å². The maximum atomic E-state index is 11.9. The Bertz CT molecular complexity index is 735. The molecule has 6 nitrogen and oxygen atoms in total. The molecular formula is C19H21ClN2O4. The van der Waals surface area contributed by atoms with Crippen LogP contribution in [0.1, 0.15) is 16.8 Å². The second-order valence-corrected chi connectivity index (χ2v) is 5.80. The SMILES string of the molecule is COc1ccccc1OCCC(=O)NCCNC(=O)c1ccc(Cl)cc1. The molecular weight excluding hydrogens is 356 g/mol. The molecule has 0 saturated carbocycles. The van der Waals surface area contributed by atoms with Gasteiger partial charge in [0.05, 0.1) is 20.1 Å². The first-order valence-electron chi connectivity index (χ1n) is 8.16. The van der Waals surface area contributed by atoms with E-state index in [1.54, 1.807) is 43.5 Å². The van der Waals surface area contributed by atoms with Crippen LogP contribution in [-0.2, 0) is 4.79 Å². The average molecular weight is 377 g/mol. The fourth-order valence-corrected chi connectivity index (χ4v) is 2.29. The highest BCUT2D eigenvalue weighted by atomic mass is 35.5. The molecule has 0 atom stereocenters. The number of methoxy groups -OCH3 is 1. The standard InChI is InChI=1S/C19H21ClN2O4/c1-25-16-4-2-3-5-17(16)26-13-10-18(23)21-11-12-22-19(24)14-6-8-15(20)9-7-14/h2-9H,10-13H2,1H3,(H,21,23)(H,22,24). The van der Waals surface area contributed by atoms with Crippen LogP contribution in [-0.4, -0.2) is 38.6 Å². The number of hydrogen-bond acceptors (Lipinski definition) is 4. The van der Waals surface area contributed by atoms with Crippen molar-refractivity contribution in [2.24, 2.45) is 0 Å². The molecule has 0 unspecified atom stereocenters. The number of benzene rings is 2. The zero-order chi connectivity index (χ0) is 18.8. The third-order valence-corrected chi connectivity index (χ3v) is 3.75. The highest BCUT2D eigenvalue weighted by Crippen LogP contribution is 2.25. The predicted octanol–water partition coefficient (Wildman–Crippen LogP) is 2.66. The summed E-state index contributed by atoms with van der Waals surface area (Å²) in [5, 5.41) is 6.03. The van der Waals surface area contributed by atoms with Gasteiger partial charge in [-0.15, -0.1) is 0 Å². The van der Waals surface area contributed by atoms with Crippen molar-refractivity contribution in [3.8, 4) is 11.5 Å². The van der Waals surface area contributed by atoms with Crippen molar-refractivity contribution in [2.45, 2.75) is 6.42 Å². The van der Waals surface area contributed by atoms with E-state index in [1.165, 1.54) is 0 Å². The summed E-state index contributed by atoms with van der Waals surface area (Å²) < 4.78 is 10.7. The third-order valence-electron chi connectivity index (χ3n) is 3.49. The lowest BCUT2D eigenvalue weighted by Crippen LogP contribution is -2.35. The third kappa shape index (κ3) is 6.29. The minimum atomic E-state index is -0.213. The smallest absolute Gasteiger partial charge is 0.251 e. The molecule has 0 aromatic heterocycles. The van der Waals surface area contributed by atoms with Crippen LogP contribution in [0, 0.1) is 0 Å². The maximum absolute atomic E-state index is 11.9. The van der Waals surface area contributed by atoms with Gasteiger partial charge in [-0.05, 0) is 36.4 Å². The van der Waals surface area contributed by atoms with Crippen LogP contribution < -0.4 is 20.1 Å². The molecule has 2 rings (SSSR count). The number of ether oxygens (including phenoxy) is 2. The van der Waals surface area contributed by atoms with Gasteiger partial charge in [0.15, 0.2) is 11.5 Å². The van der Waals surface area contributed by atoms with Crippen molar-refractivity contribution >= 4 is 23.4 Å². The monoisotopic (exact) mass is 376 g/mol. The summed E-state index contributed by atoms with van der Waals surface area (Å²) in [5.41, 5.74) is 0.519. The Morgan fingerprint density at radius 1 is 0.962 bits per heavy atom. The minimum Gasteiger partial charge on any atom is -0.493 e. The first kappa shape index (κ1) is 19.6. The lowest BCUT2D eigenvalue weighted by molar-refractivity contribution is -0.121. The molecule has 0 bridgehead atoms. The number of rotatable bonds is 9. The fourth-order valence-electron chi connectivity index (χ4n) is 2.16. The molecule has 2 N–H and O–H groups in total. The van der Waals surface area contributed by atoms with Crippen LogP contribution in [0.15, 0.2) is 48.5 Å². The van der Waals surface area contributed by atoms with E-state index >= 15 is 0 Å². The Morgan fingerprint density at radius 2 is 1.62 bits per heavy atom. The molecule has 0 saturated heterocycles. The molecule has 0 heterocycles. The Labute approximate surface area is 157 Å². The zero-order valence-electron chi connectivity index (χ0n) is 14.5. The van der Waals surface area contributed by atoms with Crippen LogP contribution in [0.25, 0.3) is 0 Å². The summed E-state index contributed by atoms with van der Waals surface area (Å²) in [5.74, 6) is 0.854. The average Bonchev–Trinajstić information content (AvgIpc) is 2.66. The van der Waals surface area contributed by atoms with Gasteiger partial charge in [-0.3, -0.25) is 9.59 Å². The quantitative estimate of drug-likeness (QED) is 0.660. The van der Waals surface area contributed by atoms with Crippen LogP contribution in [0.5, 0.6) is 11.5 Å². The molecule has 0 aliphatic carbocycles. The van der Waals surface area contributed by atoms with Crippen LogP contribution in [0.3, 0.4) is 0 Å². The van der Waals surface area contributed by atoms with Crippen molar-refractivity contribution in [1.82, 2.24) is 10.6 Å². The summed E-state index contributed by atoms with van der Waals surface area (Å²) >= 11 is 5.78. The van der Waals surface area contributed by atoms with Crippen LogP contribution in [0.4, 0.5) is 0 Å². The van der Waals surface area contributed by atoms with Crippen molar-refractivity contribution in [3.63, 3.8) is 0 Å². The van der Waals surface area contributed by atoms with E-state index in [4.69, 9.17) is 21.1 Å². The number of carbonyl (C=O) groups is 2. The fraction of sp³-hybridized carbons (Fsp3) is 0.263. The summed E-state index contributed by atoms with van der Waals surface area (Å²) in [6.45, 7) is 0.913. The Balaban J connectivity index is 1.61. The molecule has 2 aromatic rings. The number of hydrogen-bond donors (Lipinski definition) is 2. The van der Waals surface area contributed by atoms with E-state index in [-0.39, 0.29) is 24.8 Å². The number of para-hydroxylation sites is 2. The van der Waals surface area contributed by atoms with Crippen LogP contribution in [0.2, 0.25) is 5.02 Å². The van der Waals surface area contributed by atoms with Gasteiger partial charge in [0.25, 0.3) is 5.91 Å². The van der Waals surface area contributed by atoms with Gasteiger partial charge in [0, 0.05) is 23.7 Å². The van der Waals surface area contributed by atoms with E-state index < -0.39 is 0 Å². The number of amides is 2. The topological polar surface area (TPSA) is 76.7 Å². The number of halogens is 1. The van der Waals surface area contributed by atoms with Gasteiger partial charge >= 0.3 is 0 Å². The van der Waals surface area contributed by atoms with Crippen molar-refractivity contribution in [2.75, 3.05) is 26.8 Å². The molecule has 0 radical (unpaired) electrons. The largest absolute Gasteiger partial charge is 0.493 e. The van der Waals surface area contributed by atoms with Gasteiger partial charge in [-0.2, -0.15) is 0 Å². The van der Waals surface area contributed by atoms with Crippen molar-refractivity contribution < 1.29 is 19.1 Å². The summed E-state index contributed by atoms with van der Waals surface area (Å²) in [6, 6.07) is 13.8. The van der Waals surface area contributed by atoms with Gasteiger partial charge in [0.2, 0.25) is 5.91 Å². The number of carbonyl (C=O) groups excluding carboxylic acids is 2. The maximum Gasteiger partial charge on any atom is 0.251 e. The molecule has 0 spiro atoms. The Hall–Kier alpha value is -2.73. The first-order chi connectivity index (χ1) is 12.6. The normalized spacial score (nSPS) is 10.1. The lowest BCUT2D eigenvalue weighted by Gasteiger charge is -2.10. The van der Waals surface area contributed by atoms with Crippen molar-refractivity contribution in [3.05, 3.63) is 59.1 Å². The molecule has 0 aliphatic heterocycles. The van der Waals surface area contributed by atoms with Crippen LogP contribution >= 0.6 is 11.6 Å². The molecule has 7 heteroatoms. The number of nitrogens with one attached hydrogen (secondary N) is 2. The van der Waals surface area contributed by atoms with E-state index in [0.717, 1.165) is 0 Å². The van der Waals surface area contributed by atoms with E-state index in [2.05, 4.69) is 10.6 Å². The minimum absolute atomic E-state index is 0.152. The molecule has 138 valence electrons. The van der Waals surface area contributed by atoms with Gasteiger partial charge in [-0.25, -0.2) is 0 Å².